The highest BCUT2D eigenvalue weighted by molar-refractivity contribution is 6.60. The Hall–Kier alpha value is -1.02. The van der Waals surface area contributed by atoms with Crippen molar-refractivity contribution in [3.05, 3.63) is 12.2 Å². The van der Waals surface area contributed by atoms with Crippen LogP contribution in [0.1, 0.15) is 27.2 Å². The molecule has 0 radical (unpaired) electrons. The molecule has 0 aromatic heterocycles. The highest BCUT2D eigenvalue weighted by Gasteiger charge is 2.36. The monoisotopic (exact) mass is 306 g/mol. The number of esters is 1. The van der Waals surface area contributed by atoms with Crippen molar-refractivity contribution in [3.8, 4) is 0 Å². The van der Waals surface area contributed by atoms with E-state index in [1.54, 1.807) is 28.3 Å². The number of Topliss-reactive ketones (excluding diaryl/α,β-unsaturated/α-hetero) is 1. The quantitative estimate of drug-likeness (QED) is 0.295. The Bertz CT molecular complexity index is 300. The second-order valence-electron chi connectivity index (χ2n) is 4.22. The van der Waals surface area contributed by atoms with Crippen LogP contribution < -0.4 is 0 Å². The van der Waals surface area contributed by atoms with E-state index >= 15 is 0 Å². The maximum Gasteiger partial charge on any atom is 0.500 e. The molecule has 0 aliphatic rings. The minimum absolute atomic E-state index is 0.167. The second-order valence-corrected chi connectivity index (χ2v) is 7.31. The SMILES string of the molecule is C=C(C)C(=O)OCCC[Si](OC)(OC)OC.CC(C)=O. The molecule has 0 aliphatic heterocycles. The molecule has 0 atom stereocenters. The molecule has 7 heteroatoms. The van der Waals surface area contributed by atoms with Crippen molar-refractivity contribution in [1.82, 2.24) is 0 Å². The van der Waals surface area contributed by atoms with Gasteiger partial charge in [-0.2, -0.15) is 0 Å². The zero-order valence-corrected chi connectivity index (χ0v) is 14.3. The lowest BCUT2D eigenvalue weighted by atomic mass is 10.4. The molecule has 0 unspecified atom stereocenters. The maximum absolute atomic E-state index is 11.1. The number of ether oxygens (including phenoxy) is 1. The average molecular weight is 306 g/mol. The van der Waals surface area contributed by atoms with E-state index in [0.29, 0.717) is 24.6 Å². The number of carbonyl (C=O) groups is 2. The molecule has 0 amide bonds. The fraction of sp³-hybridized carbons (Fsp3) is 0.692. The van der Waals surface area contributed by atoms with Crippen LogP contribution in [-0.2, 0) is 27.6 Å². The lowest BCUT2D eigenvalue weighted by Gasteiger charge is -2.24. The molecule has 0 aromatic rings. The van der Waals surface area contributed by atoms with Gasteiger partial charge in [0.1, 0.15) is 5.78 Å². The lowest BCUT2D eigenvalue weighted by molar-refractivity contribution is -0.139. The van der Waals surface area contributed by atoms with Crippen LogP contribution in [0.2, 0.25) is 6.04 Å². The molecular weight excluding hydrogens is 280 g/mol. The van der Waals surface area contributed by atoms with Crippen LogP contribution in [0.5, 0.6) is 0 Å². The van der Waals surface area contributed by atoms with Gasteiger partial charge in [-0.25, -0.2) is 4.79 Å². The Labute approximate surface area is 122 Å². The van der Waals surface area contributed by atoms with Crippen molar-refractivity contribution in [1.29, 1.82) is 0 Å². The van der Waals surface area contributed by atoms with Gasteiger partial charge in [-0.3, -0.25) is 0 Å². The minimum atomic E-state index is -2.53. The van der Waals surface area contributed by atoms with E-state index in [1.807, 2.05) is 0 Å². The van der Waals surface area contributed by atoms with Crippen LogP contribution in [0.4, 0.5) is 0 Å². The third-order valence-electron chi connectivity index (χ3n) is 2.14. The summed E-state index contributed by atoms with van der Waals surface area (Å²) in [5, 5.41) is 0. The molecular formula is C13H26O6Si. The molecule has 0 spiro atoms. The van der Waals surface area contributed by atoms with Crippen molar-refractivity contribution in [2.75, 3.05) is 27.9 Å². The Morgan fingerprint density at radius 2 is 1.40 bits per heavy atom. The number of rotatable bonds is 8. The minimum Gasteiger partial charge on any atom is -0.462 e. The van der Waals surface area contributed by atoms with Gasteiger partial charge < -0.3 is 22.8 Å². The fourth-order valence-electron chi connectivity index (χ4n) is 1.13. The predicted molar refractivity (Wildman–Crippen MR) is 78.3 cm³/mol. The molecule has 0 aliphatic carbocycles. The summed E-state index contributed by atoms with van der Waals surface area (Å²) in [5.41, 5.74) is 0.397. The van der Waals surface area contributed by atoms with Gasteiger partial charge in [-0.05, 0) is 27.2 Å². The maximum atomic E-state index is 11.1. The number of hydrogen-bond donors (Lipinski definition) is 0. The Balaban J connectivity index is 0. The summed E-state index contributed by atoms with van der Waals surface area (Å²) in [7, 11) is 2.13. The van der Waals surface area contributed by atoms with Gasteiger partial charge in [-0.1, -0.05) is 6.58 Å². The second kappa shape index (κ2) is 11.8. The van der Waals surface area contributed by atoms with Gasteiger partial charge in [0.05, 0.1) is 6.61 Å². The standard InChI is InChI=1S/C10H20O5Si.C3H6O/c1-9(2)10(11)15-7-6-8-16(12-3,13-4)14-5;1-3(2)4/h1,6-8H2,2-5H3;1-2H3. The lowest BCUT2D eigenvalue weighted by Crippen LogP contribution is -2.42. The van der Waals surface area contributed by atoms with Crippen LogP contribution in [0.25, 0.3) is 0 Å². The molecule has 0 saturated carbocycles. The van der Waals surface area contributed by atoms with E-state index in [0.717, 1.165) is 0 Å². The smallest absolute Gasteiger partial charge is 0.462 e. The zero-order chi connectivity index (χ0) is 16.2. The Morgan fingerprint density at radius 3 is 1.70 bits per heavy atom. The van der Waals surface area contributed by atoms with E-state index in [-0.39, 0.29) is 11.8 Å². The average Bonchev–Trinajstić information content (AvgIpc) is 2.39. The fourth-order valence-corrected chi connectivity index (χ4v) is 2.82. The van der Waals surface area contributed by atoms with Crippen molar-refractivity contribution >= 4 is 20.6 Å². The summed E-state index contributed by atoms with van der Waals surface area (Å²) in [4.78, 5) is 20.5. The van der Waals surface area contributed by atoms with Gasteiger partial charge in [0, 0.05) is 32.9 Å². The molecule has 0 saturated heterocycles. The summed E-state index contributed by atoms with van der Waals surface area (Å²) >= 11 is 0. The summed E-state index contributed by atoms with van der Waals surface area (Å²) in [6.45, 7) is 8.47. The largest absolute Gasteiger partial charge is 0.500 e. The normalized spacial score (nSPS) is 10.3. The third-order valence-corrected chi connectivity index (χ3v) is 4.97. The number of carbonyl (C=O) groups excluding carboxylic acids is 2. The highest BCUT2D eigenvalue weighted by Crippen LogP contribution is 2.14. The highest BCUT2D eigenvalue weighted by atomic mass is 28.4. The molecule has 118 valence electrons. The zero-order valence-electron chi connectivity index (χ0n) is 13.3. The van der Waals surface area contributed by atoms with Crippen LogP contribution in [0.15, 0.2) is 12.2 Å². The van der Waals surface area contributed by atoms with Crippen LogP contribution in [-0.4, -0.2) is 48.5 Å². The van der Waals surface area contributed by atoms with Crippen molar-refractivity contribution < 1.29 is 27.6 Å². The van der Waals surface area contributed by atoms with Crippen molar-refractivity contribution in [2.24, 2.45) is 0 Å². The molecule has 0 heterocycles. The van der Waals surface area contributed by atoms with Crippen LogP contribution >= 0.6 is 0 Å². The van der Waals surface area contributed by atoms with E-state index in [1.165, 1.54) is 13.8 Å². The first-order chi connectivity index (χ1) is 9.24. The third kappa shape index (κ3) is 10.9. The Kier molecular flexibility index (Phi) is 12.5. The van der Waals surface area contributed by atoms with Gasteiger partial charge in [-0.15, -0.1) is 0 Å². The first-order valence-corrected chi connectivity index (χ1v) is 8.13. The molecule has 20 heavy (non-hydrogen) atoms. The van der Waals surface area contributed by atoms with Gasteiger partial charge in [0.2, 0.25) is 0 Å². The molecule has 0 aromatic carbocycles. The van der Waals surface area contributed by atoms with E-state index in [9.17, 15) is 9.59 Å². The van der Waals surface area contributed by atoms with E-state index < -0.39 is 8.80 Å². The summed E-state index contributed by atoms with van der Waals surface area (Å²) in [6.07, 6.45) is 0.640. The summed E-state index contributed by atoms with van der Waals surface area (Å²) in [5.74, 6) is -0.209. The van der Waals surface area contributed by atoms with Gasteiger partial charge in [0.15, 0.2) is 0 Å². The van der Waals surface area contributed by atoms with Gasteiger partial charge >= 0.3 is 14.8 Å². The van der Waals surface area contributed by atoms with Crippen molar-refractivity contribution in [2.45, 2.75) is 33.2 Å². The summed E-state index contributed by atoms with van der Waals surface area (Å²) < 4.78 is 20.6. The summed E-state index contributed by atoms with van der Waals surface area (Å²) in [6, 6.07) is 0.611. The number of hydrogen-bond acceptors (Lipinski definition) is 6. The first-order valence-electron chi connectivity index (χ1n) is 6.20. The van der Waals surface area contributed by atoms with Crippen LogP contribution in [0.3, 0.4) is 0 Å². The molecule has 0 bridgehead atoms. The molecule has 0 rings (SSSR count). The van der Waals surface area contributed by atoms with E-state index in [4.69, 9.17) is 18.0 Å². The molecule has 6 nitrogen and oxygen atoms in total. The van der Waals surface area contributed by atoms with Crippen molar-refractivity contribution in [3.63, 3.8) is 0 Å². The van der Waals surface area contributed by atoms with E-state index in [2.05, 4.69) is 6.58 Å². The molecule has 0 N–H and O–H groups in total. The number of ketones is 1. The van der Waals surface area contributed by atoms with Gasteiger partial charge in [0.25, 0.3) is 0 Å². The van der Waals surface area contributed by atoms with Crippen LogP contribution in [0, 0.1) is 0 Å². The Morgan fingerprint density at radius 1 is 1.00 bits per heavy atom. The first kappa shape index (κ1) is 21.3. The molecule has 0 fully saturated rings. The topological polar surface area (TPSA) is 71.1 Å². The predicted octanol–water partition coefficient (Wildman–Crippen LogP) is 1.97.